The molecule has 0 heterocycles. The molecular weight excluding hydrogens is 228 g/mol. The highest BCUT2D eigenvalue weighted by Gasteiger charge is 2.40. The lowest BCUT2D eigenvalue weighted by Crippen LogP contribution is -2.25. The maximum absolute atomic E-state index is 2.54. The summed E-state index contributed by atoms with van der Waals surface area (Å²) in [5.74, 6) is 0. The topological polar surface area (TPSA) is 0 Å². The Hall–Kier alpha value is -1.04. The van der Waals surface area contributed by atoms with Crippen molar-refractivity contribution in [1.29, 1.82) is 0 Å². The third kappa shape index (κ3) is 2.16. The van der Waals surface area contributed by atoms with Gasteiger partial charge >= 0.3 is 0 Å². The van der Waals surface area contributed by atoms with Gasteiger partial charge in [0.1, 0.15) is 0 Å². The van der Waals surface area contributed by atoms with Crippen LogP contribution in [0.25, 0.3) is 0 Å². The van der Waals surface area contributed by atoms with Crippen molar-refractivity contribution >= 4 is 0 Å². The Balaban J connectivity index is 2.10. The Morgan fingerprint density at radius 2 is 1.21 bits per heavy atom. The lowest BCUT2D eigenvalue weighted by Gasteiger charge is -2.36. The summed E-state index contributed by atoms with van der Waals surface area (Å²) >= 11 is 0. The molecule has 0 radical (unpaired) electrons. The predicted molar refractivity (Wildman–Crippen MR) is 83.0 cm³/mol. The van der Waals surface area contributed by atoms with Crippen LogP contribution in [0.1, 0.15) is 64.7 Å². The van der Waals surface area contributed by atoms with E-state index >= 15 is 0 Å². The third-order valence-electron chi connectivity index (χ3n) is 5.06. The Bertz CT molecular complexity index is 397. The molecule has 3 aliphatic rings. The van der Waals surface area contributed by atoms with Gasteiger partial charge in [-0.1, -0.05) is 47.1 Å². The molecule has 0 aliphatic heterocycles. The first-order valence-electron chi connectivity index (χ1n) is 8.10. The van der Waals surface area contributed by atoms with Gasteiger partial charge in [-0.2, -0.15) is 0 Å². The average Bonchev–Trinajstić information content (AvgIpc) is 3.18. The minimum absolute atomic E-state index is 0.193. The van der Waals surface area contributed by atoms with Crippen molar-refractivity contribution in [3.05, 3.63) is 47.1 Å². The molecule has 0 spiro atoms. The van der Waals surface area contributed by atoms with Gasteiger partial charge < -0.3 is 0 Å². The van der Waals surface area contributed by atoms with Gasteiger partial charge in [-0.15, -0.1) is 0 Å². The van der Waals surface area contributed by atoms with Crippen molar-refractivity contribution in [2.24, 2.45) is 5.41 Å². The molecule has 0 nitrogen and oxygen atoms in total. The van der Waals surface area contributed by atoms with Gasteiger partial charge in [-0.05, 0) is 64.7 Å². The summed E-state index contributed by atoms with van der Waals surface area (Å²) in [5.41, 5.74) is 5.30. The van der Waals surface area contributed by atoms with Crippen LogP contribution in [0.5, 0.6) is 0 Å². The van der Waals surface area contributed by atoms with Crippen LogP contribution in [0, 0.1) is 5.41 Å². The van der Waals surface area contributed by atoms with Crippen molar-refractivity contribution in [1.82, 2.24) is 0 Å². The Morgan fingerprint density at radius 1 is 0.789 bits per heavy atom. The minimum Gasteiger partial charge on any atom is -0.0901 e. The van der Waals surface area contributed by atoms with Gasteiger partial charge in [-0.3, -0.25) is 0 Å². The molecule has 0 saturated carbocycles. The molecular formula is C19H26. The van der Waals surface area contributed by atoms with Crippen molar-refractivity contribution in [2.45, 2.75) is 64.7 Å². The van der Waals surface area contributed by atoms with Crippen molar-refractivity contribution in [3.63, 3.8) is 0 Å². The number of allylic oxidation sites excluding steroid dienone is 8. The van der Waals surface area contributed by atoms with Gasteiger partial charge in [0.2, 0.25) is 0 Å². The molecule has 0 bridgehead atoms. The van der Waals surface area contributed by atoms with E-state index in [9.17, 15) is 0 Å². The largest absolute Gasteiger partial charge is 0.0901 e. The van der Waals surface area contributed by atoms with Crippen molar-refractivity contribution in [2.75, 3.05) is 0 Å². The van der Waals surface area contributed by atoms with E-state index in [4.69, 9.17) is 0 Å². The molecule has 0 fully saturated rings. The number of rotatable bonds is 4. The van der Waals surface area contributed by atoms with Crippen LogP contribution in [0.3, 0.4) is 0 Å². The highest BCUT2D eigenvalue weighted by atomic mass is 14.4. The molecule has 0 aromatic rings. The molecule has 0 aromatic heterocycles. The molecule has 0 atom stereocenters. The monoisotopic (exact) mass is 254 g/mol. The standard InChI is InChI=1S/C19H26/c1-2-15-19(16-9-3-4-10-16,17-11-5-6-12-17)18-13-7-8-14-18/h2,9,11,13,15H,3-8,10,12,14H2,1H3. The zero-order valence-electron chi connectivity index (χ0n) is 12.3. The second-order valence-electron chi connectivity index (χ2n) is 6.17. The van der Waals surface area contributed by atoms with E-state index in [0.717, 1.165) is 0 Å². The summed E-state index contributed by atoms with van der Waals surface area (Å²) in [6.45, 7) is 2.19. The van der Waals surface area contributed by atoms with E-state index in [1.807, 2.05) is 0 Å². The van der Waals surface area contributed by atoms with Crippen LogP contribution in [0.15, 0.2) is 47.1 Å². The highest BCUT2D eigenvalue weighted by Crippen LogP contribution is 2.53. The van der Waals surface area contributed by atoms with Gasteiger partial charge in [0.25, 0.3) is 0 Å². The maximum atomic E-state index is 2.54. The Labute approximate surface area is 118 Å². The minimum atomic E-state index is 0.193. The summed E-state index contributed by atoms with van der Waals surface area (Å²) in [5, 5.41) is 0. The second-order valence-corrected chi connectivity index (χ2v) is 6.17. The quantitative estimate of drug-likeness (QED) is 0.549. The fourth-order valence-electron chi connectivity index (χ4n) is 4.28. The molecule has 0 unspecified atom stereocenters. The van der Waals surface area contributed by atoms with E-state index < -0.39 is 0 Å². The molecule has 0 aromatic carbocycles. The summed E-state index contributed by atoms with van der Waals surface area (Å²) in [7, 11) is 0. The molecule has 102 valence electrons. The molecule has 0 heteroatoms. The number of hydrogen-bond donors (Lipinski definition) is 0. The SMILES string of the molecule is CC=CC(C1=CCCC1)(C1=CCCC1)C1=CCCC1. The van der Waals surface area contributed by atoms with E-state index in [1.165, 1.54) is 57.8 Å². The second kappa shape index (κ2) is 5.53. The lowest BCUT2D eigenvalue weighted by molar-refractivity contribution is 0.585. The Morgan fingerprint density at radius 3 is 1.47 bits per heavy atom. The van der Waals surface area contributed by atoms with E-state index in [1.54, 1.807) is 16.7 Å². The van der Waals surface area contributed by atoms with Crippen LogP contribution in [-0.2, 0) is 0 Å². The summed E-state index contributed by atoms with van der Waals surface area (Å²) in [4.78, 5) is 0. The third-order valence-corrected chi connectivity index (χ3v) is 5.06. The maximum Gasteiger partial charge on any atom is 0.0511 e. The van der Waals surface area contributed by atoms with Crippen LogP contribution in [0.2, 0.25) is 0 Å². The fraction of sp³-hybridized carbons (Fsp3) is 0.579. The zero-order valence-corrected chi connectivity index (χ0v) is 12.3. The van der Waals surface area contributed by atoms with Crippen molar-refractivity contribution in [3.8, 4) is 0 Å². The van der Waals surface area contributed by atoms with E-state index in [2.05, 4.69) is 37.3 Å². The molecule has 3 aliphatic carbocycles. The van der Waals surface area contributed by atoms with Gasteiger partial charge in [0.05, 0.1) is 5.41 Å². The molecule has 0 amide bonds. The smallest absolute Gasteiger partial charge is 0.0511 e. The molecule has 19 heavy (non-hydrogen) atoms. The van der Waals surface area contributed by atoms with Gasteiger partial charge in [-0.25, -0.2) is 0 Å². The van der Waals surface area contributed by atoms with E-state index in [0.29, 0.717) is 0 Å². The lowest BCUT2D eigenvalue weighted by atomic mass is 9.67. The van der Waals surface area contributed by atoms with Crippen LogP contribution >= 0.6 is 0 Å². The van der Waals surface area contributed by atoms with Crippen LogP contribution in [0.4, 0.5) is 0 Å². The number of hydrogen-bond acceptors (Lipinski definition) is 0. The van der Waals surface area contributed by atoms with Crippen molar-refractivity contribution < 1.29 is 0 Å². The molecule has 0 saturated heterocycles. The Kier molecular flexibility index (Phi) is 3.77. The van der Waals surface area contributed by atoms with Gasteiger partial charge in [0, 0.05) is 0 Å². The first-order valence-corrected chi connectivity index (χ1v) is 8.10. The summed E-state index contributed by atoms with van der Waals surface area (Å²) in [6.07, 6.45) is 24.3. The normalized spacial score (nSPS) is 23.9. The molecule has 3 rings (SSSR count). The predicted octanol–water partition coefficient (Wildman–Crippen LogP) is 5.88. The average molecular weight is 254 g/mol. The van der Waals surface area contributed by atoms with Gasteiger partial charge in [0.15, 0.2) is 0 Å². The summed E-state index contributed by atoms with van der Waals surface area (Å²) in [6, 6.07) is 0. The van der Waals surface area contributed by atoms with Crippen LogP contribution < -0.4 is 0 Å². The first-order chi connectivity index (χ1) is 9.38. The van der Waals surface area contributed by atoms with Crippen LogP contribution in [-0.4, -0.2) is 0 Å². The highest BCUT2D eigenvalue weighted by molar-refractivity contribution is 5.49. The fourth-order valence-corrected chi connectivity index (χ4v) is 4.28. The summed E-state index contributed by atoms with van der Waals surface area (Å²) < 4.78 is 0. The zero-order chi connectivity index (χ0) is 13.1. The van der Waals surface area contributed by atoms with E-state index in [-0.39, 0.29) is 5.41 Å². The first kappa shape index (κ1) is 13.0. The molecule has 0 N–H and O–H groups in total.